The van der Waals surface area contributed by atoms with E-state index in [1.54, 1.807) is 0 Å². The maximum absolute atomic E-state index is 3.81. The minimum absolute atomic E-state index is 0.428. The number of rotatable bonds is 5. The second kappa shape index (κ2) is 7.43. The molecule has 1 saturated carbocycles. The van der Waals surface area contributed by atoms with Crippen molar-refractivity contribution in [3.63, 3.8) is 0 Å². The van der Waals surface area contributed by atoms with E-state index in [0.29, 0.717) is 17.5 Å². The van der Waals surface area contributed by atoms with Crippen LogP contribution in [0.2, 0.25) is 0 Å². The topological polar surface area (TPSA) is 18.5 Å². The molecule has 2 aliphatic rings. The predicted molar refractivity (Wildman–Crippen MR) is 91.8 cm³/mol. The fraction of sp³-hybridized carbons (Fsp3) is 1.00. The van der Waals surface area contributed by atoms with E-state index in [4.69, 9.17) is 0 Å². The summed E-state index contributed by atoms with van der Waals surface area (Å²) < 4.78 is 0. The average molecular weight is 296 g/mol. The largest absolute Gasteiger partial charge is 0.312 e. The van der Waals surface area contributed by atoms with Crippen molar-refractivity contribution in [3.05, 3.63) is 0 Å². The molecule has 1 aliphatic carbocycles. The highest BCUT2D eigenvalue weighted by Gasteiger charge is 2.41. The van der Waals surface area contributed by atoms with E-state index >= 15 is 0 Å². The molecule has 1 N–H and O–H groups in total. The molecule has 1 saturated heterocycles. The van der Waals surface area contributed by atoms with Crippen LogP contribution in [0, 0.1) is 5.41 Å². The molecule has 3 heteroatoms. The molecular formula is C18H37N3. The van der Waals surface area contributed by atoms with Crippen molar-refractivity contribution in [2.45, 2.75) is 77.9 Å². The van der Waals surface area contributed by atoms with Gasteiger partial charge in [0.05, 0.1) is 0 Å². The van der Waals surface area contributed by atoms with Gasteiger partial charge in [-0.3, -0.25) is 4.90 Å². The first-order chi connectivity index (χ1) is 9.99. The van der Waals surface area contributed by atoms with Gasteiger partial charge < -0.3 is 10.2 Å². The van der Waals surface area contributed by atoms with Crippen LogP contribution in [0.4, 0.5) is 0 Å². The van der Waals surface area contributed by atoms with E-state index in [0.717, 1.165) is 12.6 Å². The van der Waals surface area contributed by atoms with Crippen LogP contribution < -0.4 is 5.32 Å². The summed E-state index contributed by atoms with van der Waals surface area (Å²) in [7, 11) is 2.39. The number of nitrogens with zero attached hydrogens (tertiary/aromatic N) is 2. The number of likely N-dealkylation sites (N-methyl/N-ethyl adjacent to an activating group) is 2. The van der Waals surface area contributed by atoms with E-state index in [1.807, 2.05) is 0 Å². The summed E-state index contributed by atoms with van der Waals surface area (Å²) >= 11 is 0. The molecule has 2 fully saturated rings. The summed E-state index contributed by atoms with van der Waals surface area (Å²) in [5.74, 6) is 0. The third-order valence-corrected chi connectivity index (χ3v) is 6.08. The zero-order chi connectivity index (χ0) is 15.5. The van der Waals surface area contributed by atoms with Crippen LogP contribution in [-0.4, -0.2) is 61.2 Å². The third kappa shape index (κ3) is 4.00. The van der Waals surface area contributed by atoms with Gasteiger partial charge in [-0.1, -0.05) is 34.1 Å². The van der Waals surface area contributed by atoms with Crippen molar-refractivity contribution in [2.75, 3.05) is 33.2 Å². The van der Waals surface area contributed by atoms with Crippen molar-refractivity contribution >= 4 is 0 Å². The Morgan fingerprint density at radius 2 is 1.81 bits per heavy atom. The number of likely N-dealkylation sites (tertiary alicyclic amines) is 1. The van der Waals surface area contributed by atoms with Gasteiger partial charge in [0.2, 0.25) is 0 Å². The summed E-state index contributed by atoms with van der Waals surface area (Å²) in [5, 5.41) is 3.81. The smallest absolute Gasteiger partial charge is 0.0274 e. The Kier molecular flexibility index (Phi) is 6.10. The SMILES string of the molecule is CCNC1C(N(C)C2CCN(CC)CC2)CCCC1(C)C. The Hall–Kier alpha value is -0.120. The molecule has 3 nitrogen and oxygen atoms in total. The lowest BCUT2D eigenvalue weighted by Crippen LogP contribution is -2.60. The number of nitrogens with one attached hydrogen (secondary N) is 1. The van der Waals surface area contributed by atoms with Crippen LogP contribution in [0.15, 0.2) is 0 Å². The molecule has 0 spiro atoms. The average Bonchev–Trinajstić information content (AvgIpc) is 2.48. The summed E-state index contributed by atoms with van der Waals surface area (Å²) in [6.07, 6.45) is 6.81. The zero-order valence-corrected chi connectivity index (χ0v) is 15.0. The van der Waals surface area contributed by atoms with Crippen molar-refractivity contribution in [1.29, 1.82) is 0 Å². The van der Waals surface area contributed by atoms with Crippen LogP contribution in [0.25, 0.3) is 0 Å². The molecule has 124 valence electrons. The molecule has 0 amide bonds. The van der Waals surface area contributed by atoms with Gasteiger partial charge in [-0.2, -0.15) is 0 Å². The molecule has 0 bridgehead atoms. The maximum atomic E-state index is 3.81. The van der Waals surface area contributed by atoms with E-state index in [2.05, 4.69) is 49.9 Å². The van der Waals surface area contributed by atoms with Gasteiger partial charge in [0.15, 0.2) is 0 Å². The lowest BCUT2D eigenvalue weighted by Gasteiger charge is -2.50. The lowest BCUT2D eigenvalue weighted by atomic mass is 9.70. The van der Waals surface area contributed by atoms with Crippen LogP contribution in [0.3, 0.4) is 0 Å². The Bertz CT molecular complexity index is 308. The van der Waals surface area contributed by atoms with Gasteiger partial charge in [-0.25, -0.2) is 0 Å². The second-order valence-electron chi connectivity index (χ2n) is 7.81. The van der Waals surface area contributed by atoms with Gasteiger partial charge >= 0.3 is 0 Å². The van der Waals surface area contributed by atoms with Gasteiger partial charge in [-0.15, -0.1) is 0 Å². The van der Waals surface area contributed by atoms with E-state index in [9.17, 15) is 0 Å². The highest BCUT2D eigenvalue weighted by atomic mass is 15.2. The minimum atomic E-state index is 0.428. The monoisotopic (exact) mass is 295 g/mol. The second-order valence-corrected chi connectivity index (χ2v) is 7.81. The standard InChI is InChI=1S/C18H37N3/c1-6-19-17-16(9-8-12-18(17,3)4)20(5)15-10-13-21(7-2)14-11-15/h15-17,19H,6-14H2,1-5H3. The van der Waals surface area contributed by atoms with Crippen molar-refractivity contribution < 1.29 is 0 Å². The van der Waals surface area contributed by atoms with E-state index in [-0.39, 0.29) is 0 Å². The summed E-state index contributed by atoms with van der Waals surface area (Å²) in [6, 6.07) is 2.14. The fourth-order valence-corrected chi connectivity index (χ4v) is 4.59. The lowest BCUT2D eigenvalue weighted by molar-refractivity contribution is 0.0211. The molecule has 21 heavy (non-hydrogen) atoms. The predicted octanol–water partition coefficient (Wildman–Crippen LogP) is 2.96. The molecule has 2 atom stereocenters. The van der Waals surface area contributed by atoms with Crippen molar-refractivity contribution in [1.82, 2.24) is 15.1 Å². The van der Waals surface area contributed by atoms with Crippen LogP contribution in [0.5, 0.6) is 0 Å². The normalized spacial score (nSPS) is 31.7. The summed E-state index contributed by atoms with van der Waals surface area (Å²) in [5.41, 5.74) is 0.428. The number of piperidine rings is 1. The van der Waals surface area contributed by atoms with Crippen molar-refractivity contribution in [3.8, 4) is 0 Å². The molecule has 0 radical (unpaired) electrons. The first kappa shape index (κ1) is 17.2. The van der Waals surface area contributed by atoms with Gasteiger partial charge in [0, 0.05) is 18.1 Å². The quantitative estimate of drug-likeness (QED) is 0.841. The van der Waals surface area contributed by atoms with Gasteiger partial charge in [-0.05, 0) is 64.3 Å². The van der Waals surface area contributed by atoms with Gasteiger partial charge in [0.25, 0.3) is 0 Å². The zero-order valence-electron chi connectivity index (χ0n) is 15.0. The first-order valence-corrected chi connectivity index (χ1v) is 9.17. The Balaban J connectivity index is 2.00. The Morgan fingerprint density at radius 1 is 1.14 bits per heavy atom. The summed E-state index contributed by atoms with van der Waals surface area (Å²) in [4.78, 5) is 5.33. The van der Waals surface area contributed by atoms with Crippen LogP contribution in [-0.2, 0) is 0 Å². The molecule has 2 unspecified atom stereocenters. The first-order valence-electron chi connectivity index (χ1n) is 9.17. The molecule has 0 aromatic carbocycles. The molecule has 0 aromatic heterocycles. The summed E-state index contributed by atoms with van der Waals surface area (Å²) in [6.45, 7) is 14.3. The fourth-order valence-electron chi connectivity index (χ4n) is 4.59. The van der Waals surface area contributed by atoms with Gasteiger partial charge in [0.1, 0.15) is 0 Å². The third-order valence-electron chi connectivity index (χ3n) is 6.08. The Labute approximate surface area is 132 Å². The highest BCUT2D eigenvalue weighted by molar-refractivity contribution is 4.99. The van der Waals surface area contributed by atoms with Crippen LogP contribution in [0.1, 0.15) is 59.8 Å². The van der Waals surface area contributed by atoms with Crippen molar-refractivity contribution in [2.24, 2.45) is 5.41 Å². The van der Waals surface area contributed by atoms with E-state index in [1.165, 1.54) is 51.7 Å². The maximum Gasteiger partial charge on any atom is 0.0274 e. The molecule has 1 aliphatic heterocycles. The molecule has 2 rings (SSSR count). The molecular weight excluding hydrogens is 258 g/mol. The highest BCUT2D eigenvalue weighted by Crippen LogP contribution is 2.38. The molecule has 1 heterocycles. The van der Waals surface area contributed by atoms with E-state index < -0.39 is 0 Å². The number of hydrogen-bond acceptors (Lipinski definition) is 3. The Morgan fingerprint density at radius 3 is 2.38 bits per heavy atom. The number of hydrogen-bond donors (Lipinski definition) is 1. The minimum Gasteiger partial charge on any atom is -0.312 e. The molecule has 0 aromatic rings. The van der Waals surface area contributed by atoms with Crippen LogP contribution >= 0.6 is 0 Å².